The van der Waals surface area contributed by atoms with Gasteiger partial charge in [-0.1, -0.05) is 11.2 Å². The van der Waals surface area contributed by atoms with Gasteiger partial charge < -0.3 is 28.5 Å². The molecule has 0 spiro atoms. The summed E-state index contributed by atoms with van der Waals surface area (Å²) < 4.78 is 21.6. The second kappa shape index (κ2) is 10.5. The van der Waals surface area contributed by atoms with Gasteiger partial charge in [-0.05, 0) is 44.2 Å². The zero-order valence-corrected chi connectivity index (χ0v) is 20.4. The van der Waals surface area contributed by atoms with Gasteiger partial charge in [0.15, 0.2) is 0 Å². The van der Waals surface area contributed by atoms with Gasteiger partial charge in [-0.25, -0.2) is 0 Å². The number of carbonyl (C=O) groups excluding carboxylic acids is 2. The number of rotatable bonds is 7. The summed E-state index contributed by atoms with van der Waals surface area (Å²) in [5.41, 5.74) is 2.72. The fraction of sp³-hybridized carbons (Fsp3) is 0.346. The molecule has 0 radical (unpaired) electrons. The Morgan fingerprint density at radius 3 is 1.97 bits per heavy atom. The van der Waals surface area contributed by atoms with Crippen LogP contribution in [0.1, 0.15) is 37.7 Å². The Bertz CT molecular complexity index is 1170. The first kappa shape index (κ1) is 24.1. The molecule has 9 nitrogen and oxygen atoms in total. The van der Waals surface area contributed by atoms with Gasteiger partial charge in [0.05, 0.1) is 25.5 Å². The van der Waals surface area contributed by atoms with Crippen LogP contribution in [-0.2, 0) is 6.61 Å². The van der Waals surface area contributed by atoms with Crippen LogP contribution in [-0.4, -0.2) is 67.2 Å². The first-order valence-corrected chi connectivity index (χ1v) is 11.4. The first-order valence-electron chi connectivity index (χ1n) is 11.4. The van der Waals surface area contributed by atoms with E-state index in [-0.39, 0.29) is 11.8 Å². The van der Waals surface area contributed by atoms with Crippen molar-refractivity contribution < 1.29 is 28.3 Å². The average molecular weight is 480 g/mol. The molecule has 1 fully saturated rings. The molecule has 0 unspecified atom stereocenters. The fourth-order valence-electron chi connectivity index (χ4n) is 3.99. The normalized spacial score (nSPS) is 13.5. The van der Waals surface area contributed by atoms with Crippen LogP contribution in [0.4, 0.5) is 0 Å². The molecule has 9 heteroatoms. The Morgan fingerprint density at radius 2 is 1.43 bits per heavy atom. The maximum absolute atomic E-state index is 13.1. The lowest BCUT2D eigenvalue weighted by Crippen LogP contribution is -2.50. The van der Waals surface area contributed by atoms with E-state index in [0.717, 1.165) is 17.0 Å². The largest absolute Gasteiger partial charge is 0.497 e. The lowest BCUT2D eigenvalue weighted by molar-refractivity contribution is 0.0535. The van der Waals surface area contributed by atoms with Crippen molar-refractivity contribution in [2.45, 2.75) is 20.5 Å². The van der Waals surface area contributed by atoms with Crippen LogP contribution in [0.3, 0.4) is 0 Å². The lowest BCUT2D eigenvalue weighted by atomic mass is 10.1. The molecule has 1 aromatic heterocycles. The SMILES string of the molecule is COc1cc(OC)cc(C(=O)N2CCN(C(=O)c3cccc(OCc4c(C)noc4C)c3)CC2)c1. The molecular formula is C26H29N3O6. The van der Waals surface area contributed by atoms with E-state index in [0.29, 0.717) is 61.2 Å². The summed E-state index contributed by atoms with van der Waals surface area (Å²) in [6.07, 6.45) is 0. The number of hydrogen-bond donors (Lipinski definition) is 0. The third kappa shape index (κ3) is 5.40. The van der Waals surface area contributed by atoms with Crippen molar-refractivity contribution >= 4 is 11.8 Å². The van der Waals surface area contributed by atoms with E-state index >= 15 is 0 Å². The van der Waals surface area contributed by atoms with Crippen LogP contribution < -0.4 is 14.2 Å². The lowest BCUT2D eigenvalue weighted by Gasteiger charge is -2.35. The van der Waals surface area contributed by atoms with E-state index in [9.17, 15) is 9.59 Å². The zero-order chi connectivity index (χ0) is 24.9. The highest BCUT2D eigenvalue weighted by atomic mass is 16.5. The van der Waals surface area contributed by atoms with E-state index < -0.39 is 0 Å². The predicted octanol–water partition coefficient (Wildman–Crippen LogP) is 3.49. The Balaban J connectivity index is 1.37. The molecule has 1 aliphatic heterocycles. The Labute approximate surface area is 204 Å². The van der Waals surface area contributed by atoms with Crippen LogP contribution in [0.5, 0.6) is 17.2 Å². The van der Waals surface area contributed by atoms with Crippen LogP contribution in [0.15, 0.2) is 47.0 Å². The van der Waals surface area contributed by atoms with Gasteiger partial charge in [-0.15, -0.1) is 0 Å². The summed E-state index contributed by atoms with van der Waals surface area (Å²) in [5.74, 6) is 2.20. The van der Waals surface area contributed by atoms with Gasteiger partial charge in [0.25, 0.3) is 11.8 Å². The molecule has 2 heterocycles. The molecule has 0 bridgehead atoms. The summed E-state index contributed by atoms with van der Waals surface area (Å²) in [4.78, 5) is 29.6. The van der Waals surface area contributed by atoms with Gasteiger partial charge >= 0.3 is 0 Å². The molecule has 1 aliphatic rings. The van der Waals surface area contributed by atoms with E-state index in [4.69, 9.17) is 18.7 Å². The molecule has 184 valence electrons. The summed E-state index contributed by atoms with van der Waals surface area (Å²) in [5, 5.41) is 3.93. The van der Waals surface area contributed by atoms with Gasteiger partial charge in [0, 0.05) is 43.4 Å². The van der Waals surface area contributed by atoms with Gasteiger partial charge in [-0.3, -0.25) is 9.59 Å². The minimum atomic E-state index is -0.121. The highest BCUT2D eigenvalue weighted by molar-refractivity contribution is 5.96. The molecule has 4 rings (SSSR count). The third-order valence-electron chi connectivity index (χ3n) is 6.10. The van der Waals surface area contributed by atoms with Crippen LogP contribution in [0.2, 0.25) is 0 Å². The number of ether oxygens (including phenoxy) is 3. The third-order valence-corrected chi connectivity index (χ3v) is 6.10. The number of amides is 2. The molecule has 0 atom stereocenters. The highest BCUT2D eigenvalue weighted by Gasteiger charge is 2.26. The van der Waals surface area contributed by atoms with Gasteiger partial charge in [0.2, 0.25) is 0 Å². The van der Waals surface area contributed by atoms with Crippen molar-refractivity contribution in [2.75, 3.05) is 40.4 Å². The number of aryl methyl sites for hydroxylation is 2. The minimum Gasteiger partial charge on any atom is -0.497 e. The molecule has 0 aliphatic carbocycles. The number of hydrogen-bond acceptors (Lipinski definition) is 7. The molecule has 2 amide bonds. The maximum Gasteiger partial charge on any atom is 0.254 e. The molecule has 0 saturated carbocycles. The molecular weight excluding hydrogens is 450 g/mol. The summed E-state index contributed by atoms with van der Waals surface area (Å²) >= 11 is 0. The quantitative estimate of drug-likeness (QED) is 0.512. The van der Waals surface area contributed by atoms with Crippen molar-refractivity contribution in [3.05, 3.63) is 70.6 Å². The van der Waals surface area contributed by atoms with E-state index in [1.807, 2.05) is 19.9 Å². The second-order valence-electron chi connectivity index (χ2n) is 8.30. The smallest absolute Gasteiger partial charge is 0.254 e. The highest BCUT2D eigenvalue weighted by Crippen LogP contribution is 2.24. The number of piperazine rings is 1. The van der Waals surface area contributed by atoms with Crippen molar-refractivity contribution in [1.29, 1.82) is 0 Å². The standard InChI is InChI=1S/C26H29N3O6/c1-17-24(18(2)35-27-17)16-34-21-7-5-6-19(12-21)25(30)28-8-10-29(11-9-28)26(31)20-13-22(32-3)15-23(14-20)33-4/h5-7,12-15H,8-11,16H2,1-4H3. The van der Waals surface area contributed by atoms with E-state index in [2.05, 4.69) is 5.16 Å². The van der Waals surface area contributed by atoms with Crippen molar-refractivity contribution in [2.24, 2.45) is 0 Å². The number of benzene rings is 2. The van der Waals surface area contributed by atoms with Crippen LogP contribution in [0, 0.1) is 13.8 Å². The molecule has 35 heavy (non-hydrogen) atoms. The van der Waals surface area contributed by atoms with Gasteiger partial charge in [0.1, 0.15) is 29.6 Å². The van der Waals surface area contributed by atoms with E-state index in [1.165, 1.54) is 0 Å². The first-order chi connectivity index (χ1) is 16.9. The van der Waals surface area contributed by atoms with Gasteiger partial charge in [-0.2, -0.15) is 0 Å². The van der Waals surface area contributed by atoms with Crippen molar-refractivity contribution in [1.82, 2.24) is 15.0 Å². The number of methoxy groups -OCH3 is 2. The number of carbonyl (C=O) groups is 2. The van der Waals surface area contributed by atoms with E-state index in [1.54, 1.807) is 60.4 Å². The average Bonchev–Trinajstić information content (AvgIpc) is 3.23. The predicted molar refractivity (Wildman–Crippen MR) is 128 cm³/mol. The van der Waals surface area contributed by atoms with Crippen molar-refractivity contribution in [3.8, 4) is 17.2 Å². The number of aromatic nitrogens is 1. The summed E-state index contributed by atoms with van der Waals surface area (Å²) in [6, 6.07) is 12.2. The van der Waals surface area contributed by atoms with Crippen LogP contribution >= 0.6 is 0 Å². The summed E-state index contributed by atoms with van der Waals surface area (Å²) in [6.45, 7) is 5.77. The number of nitrogens with zero attached hydrogens (tertiary/aromatic N) is 3. The molecule has 1 saturated heterocycles. The molecule has 3 aromatic rings. The minimum absolute atomic E-state index is 0.0945. The Hall–Kier alpha value is -4.01. The van der Waals surface area contributed by atoms with Crippen molar-refractivity contribution in [3.63, 3.8) is 0 Å². The second-order valence-corrected chi connectivity index (χ2v) is 8.30. The maximum atomic E-state index is 13.1. The Morgan fingerprint density at radius 1 is 0.857 bits per heavy atom. The molecule has 2 aromatic carbocycles. The zero-order valence-electron chi connectivity index (χ0n) is 20.4. The topological polar surface area (TPSA) is 94.3 Å². The fourth-order valence-corrected chi connectivity index (χ4v) is 3.99. The Kier molecular flexibility index (Phi) is 7.24. The molecule has 0 N–H and O–H groups in total. The van der Waals surface area contributed by atoms with Crippen LogP contribution in [0.25, 0.3) is 0 Å². The summed E-state index contributed by atoms with van der Waals surface area (Å²) in [7, 11) is 3.09. The monoisotopic (exact) mass is 479 g/mol.